The fourth-order valence-corrected chi connectivity index (χ4v) is 3.97. The van der Waals surface area contributed by atoms with E-state index in [0.717, 1.165) is 18.6 Å². The molecule has 0 radical (unpaired) electrons. The van der Waals surface area contributed by atoms with Crippen LogP contribution in [0.5, 0.6) is 0 Å². The third-order valence-electron chi connectivity index (χ3n) is 5.17. The summed E-state index contributed by atoms with van der Waals surface area (Å²) >= 11 is 0. The minimum absolute atomic E-state index is 0.0792. The van der Waals surface area contributed by atoms with Gasteiger partial charge in [-0.15, -0.1) is 0 Å². The van der Waals surface area contributed by atoms with Crippen molar-refractivity contribution >= 4 is 5.78 Å². The Hall–Kier alpha value is -1.29. The highest BCUT2D eigenvalue weighted by Crippen LogP contribution is 2.51. The molecule has 2 rings (SSSR count). The quantitative estimate of drug-likeness (QED) is 0.843. The number of rotatable bonds is 4. The molecule has 24 heavy (non-hydrogen) atoms. The molecule has 136 valence electrons. The lowest BCUT2D eigenvalue weighted by Crippen LogP contribution is -2.56. The van der Waals surface area contributed by atoms with Gasteiger partial charge in [-0.05, 0) is 52.4 Å². The van der Waals surface area contributed by atoms with Crippen molar-refractivity contribution in [3.05, 3.63) is 22.7 Å². The van der Waals surface area contributed by atoms with E-state index in [2.05, 4.69) is 20.8 Å². The number of Topliss-reactive ketones (excluding diaryl/α,β-unsaturated/α-hetero) is 1. The number of ether oxygens (including phenoxy) is 2. The Balaban J connectivity index is 2.59. The number of hydrogen-bond acceptors (Lipinski definition) is 4. The number of ketones is 1. The van der Waals surface area contributed by atoms with Gasteiger partial charge in [0, 0.05) is 17.1 Å². The van der Waals surface area contributed by atoms with Gasteiger partial charge in [-0.3, -0.25) is 4.79 Å². The number of allylic oxidation sites excluding steroid dienone is 1. The molecule has 0 aromatic heterocycles. The van der Waals surface area contributed by atoms with E-state index in [1.807, 2.05) is 20.8 Å². The zero-order valence-corrected chi connectivity index (χ0v) is 16.3. The summed E-state index contributed by atoms with van der Waals surface area (Å²) in [5, 5.41) is 11.4. The zero-order chi connectivity index (χ0) is 18.4. The van der Waals surface area contributed by atoms with Crippen LogP contribution in [0.25, 0.3) is 0 Å². The molecule has 4 heteroatoms. The molecule has 0 heterocycles. The first kappa shape index (κ1) is 19.0. The highest BCUT2D eigenvalue weighted by molar-refractivity contribution is 6.13. The van der Waals surface area contributed by atoms with Crippen LogP contribution in [0.2, 0.25) is 0 Å². The summed E-state index contributed by atoms with van der Waals surface area (Å²) in [6.07, 6.45) is 1.94. The second kappa shape index (κ2) is 6.21. The molecule has 0 bridgehead atoms. The van der Waals surface area contributed by atoms with Crippen LogP contribution < -0.4 is 0 Å². The molecule has 2 aliphatic rings. The minimum atomic E-state index is -1.67. The normalized spacial score (nSPS) is 31.5. The zero-order valence-electron chi connectivity index (χ0n) is 16.3. The lowest BCUT2D eigenvalue weighted by atomic mass is 9.64. The van der Waals surface area contributed by atoms with E-state index in [1.165, 1.54) is 0 Å². The standard InChI is InChI=1S/C20H32O4/c1-11(2)14-10-9-12(3)15(16(14)23-8)20(22)17(21)13(4)18(20)24-19(5,6)7/h11-12,14,22H,9-10H2,1-8H3/t12-,14+,20?/m1/s1. The van der Waals surface area contributed by atoms with E-state index >= 15 is 0 Å². The van der Waals surface area contributed by atoms with Crippen molar-refractivity contribution in [3.8, 4) is 0 Å². The molecule has 0 amide bonds. The van der Waals surface area contributed by atoms with E-state index in [9.17, 15) is 9.90 Å². The highest BCUT2D eigenvalue weighted by atomic mass is 16.5. The lowest BCUT2D eigenvalue weighted by Gasteiger charge is -2.47. The summed E-state index contributed by atoms with van der Waals surface area (Å²) < 4.78 is 11.7. The molecular weight excluding hydrogens is 304 g/mol. The summed E-state index contributed by atoms with van der Waals surface area (Å²) in [5.74, 6) is 1.58. The third-order valence-corrected chi connectivity index (χ3v) is 5.17. The Morgan fingerprint density at radius 3 is 2.29 bits per heavy atom. The molecule has 1 N–H and O–H groups in total. The van der Waals surface area contributed by atoms with Gasteiger partial charge in [0.25, 0.3) is 0 Å². The molecule has 0 aliphatic heterocycles. The summed E-state index contributed by atoms with van der Waals surface area (Å²) in [6.45, 7) is 13.8. The second-order valence-electron chi connectivity index (χ2n) is 8.52. The smallest absolute Gasteiger partial charge is 0.210 e. The Labute approximate surface area is 145 Å². The minimum Gasteiger partial charge on any atom is -0.501 e. The predicted octanol–water partition coefficient (Wildman–Crippen LogP) is 3.99. The number of hydrogen-bond donors (Lipinski definition) is 1. The Morgan fingerprint density at radius 2 is 1.83 bits per heavy atom. The van der Waals surface area contributed by atoms with Crippen LogP contribution in [0.4, 0.5) is 0 Å². The Morgan fingerprint density at radius 1 is 1.25 bits per heavy atom. The fourth-order valence-electron chi connectivity index (χ4n) is 3.97. The maximum absolute atomic E-state index is 12.7. The van der Waals surface area contributed by atoms with Crippen LogP contribution in [0, 0.1) is 17.8 Å². The van der Waals surface area contributed by atoms with Gasteiger partial charge in [0.1, 0.15) is 17.1 Å². The molecule has 0 saturated heterocycles. The predicted molar refractivity (Wildman–Crippen MR) is 94.3 cm³/mol. The molecule has 0 aromatic rings. The fraction of sp³-hybridized carbons (Fsp3) is 0.750. The Bertz CT molecular complexity index is 591. The first-order valence-corrected chi connectivity index (χ1v) is 8.91. The Kier molecular flexibility index (Phi) is 4.93. The average molecular weight is 336 g/mol. The molecule has 0 fully saturated rings. The maximum Gasteiger partial charge on any atom is 0.210 e. The number of methoxy groups -OCH3 is 1. The van der Waals surface area contributed by atoms with E-state index in [4.69, 9.17) is 9.47 Å². The SMILES string of the molecule is COC1=C(C2(O)C(=O)C(C)=C2OC(C)(C)C)[C@H](C)CC[C@H]1C(C)C. The molecule has 1 unspecified atom stereocenters. The molecule has 0 saturated carbocycles. The average Bonchev–Trinajstić information content (AvgIpc) is 2.49. The van der Waals surface area contributed by atoms with Crippen molar-refractivity contribution in [1.82, 2.24) is 0 Å². The molecule has 2 aliphatic carbocycles. The second-order valence-corrected chi connectivity index (χ2v) is 8.52. The van der Waals surface area contributed by atoms with E-state index in [0.29, 0.717) is 22.8 Å². The van der Waals surface area contributed by atoms with E-state index in [1.54, 1.807) is 14.0 Å². The first-order chi connectivity index (χ1) is 10.9. The molecule has 0 aromatic carbocycles. The van der Waals surface area contributed by atoms with Gasteiger partial charge in [-0.2, -0.15) is 0 Å². The van der Waals surface area contributed by atoms with Gasteiger partial charge >= 0.3 is 0 Å². The van der Waals surface area contributed by atoms with E-state index in [-0.39, 0.29) is 17.6 Å². The molecular formula is C20H32O4. The van der Waals surface area contributed by atoms with Crippen molar-refractivity contribution < 1.29 is 19.4 Å². The van der Waals surface area contributed by atoms with Crippen molar-refractivity contribution in [2.75, 3.05) is 7.11 Å². The lowest BCUT2D eigenvalue weighted by molar-refractivity contribution is -0.141. The van der Waals surface area contributed by atoms with E-state index < -0.39 is 11.2 Å². The summed E-state index contributed by atoms with van der Waals surface area (Å²) in [6, 6.07) is 0. The van der Waals surface area contributed by atoms with Crippen LogP contribution in [0.15, 0.2) is 22.7 Å². The van der Waals surface area contributed by atoms with Gasteiger partial charge in [0.15, 0.2) is 0 Å². The maximum atomic E-state index is 12.7. The molecule has 4 nitrogen and oxygen atoms in total. The van der Waals surface area contributed by atoms with Gasteiger partial charge in [0.2, 0.25) is 11.4 Å². The van der Waals surface area contributed by atoms with Crippen LogP contribution in [0.1, 0.15) is 61.3 Å². The summed E-state index contributed by atoms with van der Waals surface area (Å²) in [4.78, 5) is 12.7. The highest BCUT2D eigenvalue weighted by Gasteiger charge is 2.59. The first-order valence-electron chi connectivity index (χ1n) is 8.91. The van der Waals surface area contributed by atoms with Gasteiger partial charge in [-0.1, -0.05) is 20.8 Å². The van der Waals surface area contributed by atoms with Gasteiger partial charge < -0.3 is 14.6 Å². The third kappa shape index (κ3) is 2.90. The van der Waals surface area contributed by atoms with Gasteiger partial charge in [-0.25, -0.2) is 0 Å². The molecule has 0 spiro atoms. The topological polar surface area (TPSA) is 55.8 Å². The van der Waals surface area contributed by atoms with Crippen molar-refractivity contribution in [2.24, 2.45) is 17.8 Å². The van der Waals surface area contributed by atoms with Crippen molar-refractivity contribution in [3.63, 3.8) is 0 Å². The van der Waals surface area contributed by atoms with Crippen LogP contribution in [0.3, 0.4) is 0 Å². The van der Waals surface area contributed by atoms with Crippen molar-refractivity contribution in [2.45, 2.75) is 72.5 Å². The largest absolute Gasteiger partial charge is 0.501 e. The monoisotopic (exact) mass is 336 g/mol. The number of aliphatic hydroxyl groups is 1. The molecule has 3 atom stereocenters. The van der Waals surface area contributed by atoms with Crippen LogP contribution >= 0.6 is 0 Å². The summed E-state index contributed by atoms with van der Waals surface area (Å²) in [5.41, 5.74) is -0.941. The van der Waals surface area contributed by atoms with Crippen molar-refractivity contribution in [1.29, 1.82) is 0 Å². The number of carbonyl (C=O) groups is 1. The van der Waals surface area contributed by atoms with Crippen LogP contribution in [-0.4, -0.2) is 29.2 Å². The summed E-state index contributed by atoms with van der Waals surface area (Å²) in [7, 11) is 1.64. The number of carbonyl (C=O) groups excluding carboxylic acids is 1. The van der Waals surface area contributed by atoms with Crippen LogP contribution in [-0.2, 0) is 14.3 Å². The van der Waals surface area contributed by atoms with Gasteiger partial charge in [0.05, 0.1) is 7.11 Å².